The van der Waals surface area contributed by atoms with E-state index in [1.54, 1.807) is 12.1 Å². The minimum Gasteiger partial charge on any atom is -0.354 e. The lowest BCUT2D eigenvalue weighted by molar-refractivity contribution is -0.121. The molecule has 1 aromatic carbocycles. The molecule has 3 N–H and O–H groups in total. The van der Waals surface area contributed by atoms with Crippen LogP contribution in [-0.2, 0) is 14.8 Å². The highest BCUT2D eigenvalue weighted by molar-refractivity contribution is 9.10. The van der Waals surface area contributed by atoms with Crippen LogP contribution in [-0.4, -0.2) is 40.0 Å². The standard InChI is InChI=1S/C14H20BrN3O3S/c15-11-3-5-13(6-4-11)22(20,21)18-9-7-14(19)17-10-12-2-1-8-16-12/h3-6,12,16,18H,1-2,7-10H2,(H,17,19). The van der Waals surface area contributed by atoms with E-state index in [-0.39, 0.29) is 23.8 Å². The molecule has 0 radical (unpaired) electrons. The van der Waals surface area contributed by atoms with Crippen LogP contribution in [0.4, 0.5) is 0 Å². The van der Waals surface area contributed by atoms with Gasteiger partial charge in [-0.25, -0.2) is 13.1 Å². The molecule has 0 aliphatic carbocycles. The maximum Gasteiger partial charge on any atom is 0.240 e. The minimum absolute atomic E-state index is 0.0856. The van der Waals surface area contributed by atoms with Gasteiger partial charge in [0.1, 0.15) is 0 Å². The Bertz CT molecular complexity index is 598. The summed E-state index contributed by atoms with van der Waals surface area (Å²) in [5, 5.41) is 6.10. The van der Waals surface area contributed by atoms with E-state index in [9.17, 15) is 13.2 Å². The van der Waals surface area contributed by atoms with Crippen molar-refractivity contribution in [3.63, 3.8) is 0 Å². The van der Waals surface area contributed by atoms with E-state index >= 15 is 0 Å². The van der Waals surface area contributed by atoms with Gasteiger partial charge in [-0.2, -0.15) is 0 Å². The van der Waals surface area contributed by atoms with Gasteiger partial charge in [-0.3, -0.25) is 4.79 Å². The van der Waals surface area contributed by atoms with Gasteiger partial charge in [-0.1, -0.05) is 15.9 Å². The first-order chi connectivity index (χ1) is 10.5. The number of carbonyl (C=O) groups excluding carboxylic acids is 1. The van der Waals surface area contributed by atoms with Crippen molar-refractivity contribution in [2.24, 2.45) is 0 Å². The second-order valence-corrected chi connectivity index (χ2v) is 7.88. The predicted octanol–water partition coefficient (Wildman–Crippen LogP) is 0.986. The lowest BCUT2D eigenvalue weighted by Crippen LogP contribution is -2.38. The zero-order valence-electron chi connectivity index (χ0n) is 12.1. The fraction of sp³-hybridized carbons (Fsp3) is 0.500. The third-order valence-corrected chi connectivity index (χ3v) is 5.48. The van der Waals surface area contributed by atoms with Gasteiger partial charge in [0.2, 0.25) is 15.9 Å². The molecule has 1 aliphatic heterocycles. The second-order valence-electron chi connectivity index (χ2n) is 5.20. The third-order valence-electron chi connectivity index (χ3n) is 3.48. The molecule has 1 unspecified atom stereocenters. The van der Waals surface area contributed by atoms with Crippen LogP contribution >= 0.6 is 15.9 Å². The Morgan fingerprint density at radius 1 is 1.32 bits per heavy atom. The highest BCUT2D eigenvalue weighted by atomic mass is 79.9. The largest absolute Gasteiger partial charge is 0.354 e. The lowest BCUT2D eigenvalue weighted by Gasteiger charge is -2.11. The summed E-state index contributed by atoms with van der Waals surface area (Å²) in [7, 11) is -3.57. The Kier molecular flexibility index (Phi) is 6.37. The molecule has 2 rings (SSSR count). The summed E-state index contributed by atoms with van der Waals surface area (Å²) in [5.41, 5.74) is 0. The molecule has 0 saturated carbocycles. The summed E-state index contributed by atoms with van der Waals surface area (Å²) in [6, 6.07) is 6.69. The number of sulfonamides is 1. The Hall–Kier alpha value is -0.960. The molecule has 6 nitrogen and oxygen atoms in total. The van der Waals surface area contributed by atoms with Crippen LogP contribution in [0.5, 0.6) is 0 Å². The lowest BCUT2D eigenvalue weighted by atomic mass is 10.2. The van der Waals surface area contributed by atoms with Crippen LogP contribution in [0.15, 0.2) is 33.6 Å². The molecule has 1 amide bonds. The number of amides is 1. The molecule has 0 aromatic heterocycles. The van der Waals surface area contributed by atoms with Crippen molar-refractivity contribution < 1.29 is 13.2 Å². The first kappa shape index (κ1) is 17.4. The molecule has 1 aromatic rings. The molecule has 1 heterocycles. The molecule has 22 heavy (non-hydrogen) atoms. The van der Waals surface area contributed by atoms with E-state index in [1.807, 2.05) is 0 Å². The number of rotatable bonds is 7. The molecule has 0 spiro atoms. The quantitative estimate of drug-likeness (QED) is 0.648. The fourth-order valence-electron chi connectivity index (χ4n) is 2.25. The summed E-state index contributed by atoms with van der Waals surface area (Å²) in [4.78, 5) is 11.9. The Labute approximate surface area is 139 Å². The van der Waals surface area contributed by atoms with Gasteiger partial charge in [0.05, 0.1) is 4.90 Å². The van der Waals surface area contributed by atoms with Crippen LogP contribution in [0.3, 0.4) is 0 Å². The van der Waals surface area contributed by atoms with Gasteiger partial charge in [-0.15, -0.1) is 0 Å². The van der Waals surface area contributed by atoms with E-state index in [0.717, 1.165) is 23.9 Å². The average Bonchev–Trinajstić information content (AvgIpc) is 2.99. The molecular weight excluding hydrogens is 370 g/mol. The zero-order valence-corrected chi connectivity index (χ0v) is 14.5. The second kappa shape index (κ2) is 8.05. The van der Waals surface area contributed by atoms with Gasteiger partial charge >= 0.3 is 0 Å². The number of benzene rings is 1. The molecule has 1 atom stereocenters. The van der Waals surface area contributed by atoms with Gasteiger partial charge in [0.15, 0.2) is 0 Å². The predicted molar refractivity (Wildman–Crippen MR) is 88.0 cm³/mol. The monoisotopic (exact) mass is 389 g/mol. The van der Waals surface area contributed by atoms with E-state index in [4.69, 9.17) is 0 Å². The molecule has 1 aliphatic rings. The van der Waals surface area contributed by atoms with E-state index in [0.29, 0.717) is 12.6 Å². The van der Waals surface area contributed by atoms with Crippen LogP contribution in [0.1, 0.15) is 19.3 Å². The molecule has 1 saturated heterocycles. The van der Waals surface area contributed by atoms with Crippen LogP contribution in [0, 0.1) is 0 Å². The summed E-state index contributed by atoms with van der Waals surface area (Å²) in [6.07, 6.45) is 2.33. The summed E-state index contributed by atoms with van der Waals surface area (Å²) < 4.78 is 27.3. The molecule has 8 heteroatoms. The van der Waals surface area contributed by atoms with Crippen molar-refractivity contribution in [1.29, 1.82) is 0 Å². The number of hydrogen-bond donors (Lipinski definition) is 3. The first-order valence-corrected chi connectivity index (χ1v) is 9.50. The number of nitrogens with one attached hydrogen (secondary N) is 3. The van der Waals surface area contributed by atoms with Crippen LogP contribution in [0.25, 0.3) is 0 Å². The number of hydrogen-bond acceptors (Lipinski definition) is 4. The topological polar surface area (TPSA) is 87.3 Å². The van der Waals surface area contributed by atoms with Crippen LogP contribution in [0.2, 0.25) is 0 Å². The zero-order chi connectivity index (χ0) is 16.0. The summed E-state index contributed by atoms with van der Waals surface area (Å²) in [5.74, 6) is -0.146. The van der Waals surface area contributed by atoms with Crippen molar-refractivity contribution in [2.45, 2.75) is 30.2 Å². The van der Waals surface area contributed by atoms with E-state index < -0.39 is 10.0 Å². The number of halogens is 1. The Balaban J connectivity index is 1.72. The Morgan fingerprint density at radius 3 is 2.68 bits per heavy atom. The fourth-order valence-corrected chi connectivity index (χ4v) is 3.55. The van der Waals surface area contributed by atoms with Gasteiger partial charge < -0.3 is 10.6 Å². The maximum absolute atomic E-state index is 12.0. The molecule has 122 valence electrons. The van der Waals surface area contributed by atoms with Gasteiger partial charge in [0.25, 0.3) is 0 Å². The van der Waals surface area contributed by atoms with Crippen molar-refractivity contribution in [1.82, 2.24) is 15.4 Å². The van der Waals surface area contributed by atoms with Crippen molar-refractivity contribution in [3.05, 3.63) is 28.7 Å². The number of carbonyl (C=O) groups is 1. The first-order valence-electron chi connectivity index (χ1n) is 7.23. The Morgan fingerprint density at radius 2 is 2.05 bits per heavy atom. The van der Waals surface area contributed by atoms with Gasteiger partial charge in [0, 0.05) is 30.0 Å². The average molecular weight is 390 g/mol. The van der Waals surface area contributed by atoms with E-state index in [1.165, 1.54) is 12.1 Å². The van der Waals surface area contributed by atoms with E-state index in [2.05, 4.69) is 31.3 Å². The highest BCUT2D eigenvalue weighted by Gasteiger charge is 2.16. The molecular formula is C14H20BrN3O3S. The van der Waals surface area contributed by atoms with Crippen molar-refractivity contribution in [2.75, 3.05) is 19.6 Å². The summed E-state index contributed by atoms with van der Waals surface area (Å²) >= 11 is 3.26. The third kappa shape index (κ3) is 5.35. The van der Waals surface area contributed by atoms with Gasteiger partial charge in [-0.05, 0) is 43.7 Å². The molecule has 1 fully saturated rings. The minimum atomic E-state index is -3.57. The smallest absolute Gasteiger partial charge is 0.240 e. The van der Waals surface area contributed by atoms with Crippen molar-refractivity contribution >= 4 is 31.9 Å². The normalized spacial score (nSPS) is 18.3. The summed E-state index contributed by atoms with van der Waals surface area (Å²) in [6.45, 7) is 1.67. The van der Waals surface area contributed by atoms with Crippen LogP contribution < -0.4 is 15.4 Å². The SMILES string of the molecule is O=C(CCNS(=O)(=O)c1ccc(Br)cc1)NCC1CCCN1. The van der Waals surface area contributed by atoms with Crippen molar-refractivity contribution in [3.8, 4) is 0 Å². The highest BCUT2D eigenvalue weighted by Crippen LogP contribution is 2.14. The molecule has 0 bridgehead atoms. The maximum atomic E-state index is 12.0.